The molecule has 0 aliphatic carbocycles. The van der Waals surface area contributed by atoms with Crippen LogP contribution in [0.15, 0.2) is 77.7 Å². The highest BCUT2D eigenvalue weighted by atomic mass is 35.5. The Morgan fingerprint density at radius 2 is 1.37 bits per heavy atom. The third-order valence-electron chi connectivity index (χ3n) is 6.07. The molecule has 3 rings (SSSR count). The molecule has 3 aromatic rings. The maximum absolute atomic E-state index is 13.8. The number of halogens is 1. The van der Waals surface area contributed by atoms with Crippen LogP contribution in [0.25, 0.3) is 0 Å². The Morgan fingerprint density at radius 1 is 0.842 bits per heavy atom. The van der Waals surface area contributed by atoms with Gasteiger partial charge in [-0.15, -0.1) is 0 Å². The molecule has 0 fully saturated rings. The Hall–Kier alpha value is -3.36. The summed E-state index contributed by atoms with van der Waals surface area (Å²) in [6.07, 6.45) is 0. The highest BCUT2D eigenvalue weighted by Gasteiger charge is 2.32. The molecule has 0 aromatic heterocycles. The average Bonchev–Trinajstić information content (AvgIpc) is 2.87. The molecule has 0 aliphatic heterocycles. The molecule has 3 aromatic carbocycles. The van der Waals surface area contributed by atoms with Crippen molar-refractivity contribution < 1.29 is 18.0 Å². The summed E-state index contributed by atoms with van der Waals surface area (Å²) in [5.41, 5.74) is 3.09. The Morgan fingerprint density at radius 3 is 1.89 bits per heavy atom. The van der Waals surface area contributed by atoms with Crippen molar-refractivity contribution in [1.82, 2.24) is 10.2 Å². The summed E-state index contributed by atoms with van der Waals surface area (Å²) in [5.74, 6) is -0.831. The fraction of sp³-hybridized carbons (Fsp3) is 0.310. The summed E-state index contributed by atoms with van der Waals surface area (Å²) in [7, 11) is -4.11. The minimum Gasteiger partial charge on any atom is -0.352 e. The SMILES string of the molecule is Cc1ccc(CN(C(=O)CN(c2ccc(Cl)cc2)S(=O)(=O)c2ccc(C)cc2)[C@@H](C)C(=O)NC(C)C)cc1. The second-order valence-corrected chi connectivity index (χ2v) is 11.9. The fourth-order valence-electron chi connectivity index (χ4n) is 3.85. The van der Waals surface area contributed by atoms with E-state index in [1.165, 1.54) is 17.0 Å². The van der Waals surface area contributed by atoms with E-state index in [1.807, 2.05) is 52.0 Å². The smallest absolute Gasteiger partial charge is 0.264 e. The van der Waals surface area contributed by atoms with Crippen molar-refractivity contribution in [2.24, 2.45) is 0 Å². The molecule has 2 amide bonds. The number of hydrogen-bond acceptors (Lipinski definition) is 4. The van der Waals surface area contributed by atoms with Crippen LogP contribution in [0.1, 0.15) is 37.5 Å². The molecule has 0 saturated heterocycles. The molecular weight excluding hydrogens is 522 g/mol. The van der Waals surface area contributed by atoms with Gasteiger partial charge in [-0.3, -0.25) is 13.9 Å². The first-order valence-corrected chi connectivity index (χ1v) is 14.2. The minimum absolute atomic E-state index is 0.0570. The molecule has 0 unspecified atom stereocenters. The van der Waals surface area contributed by atoms with Crippen LogP contribution < -0.4 is 9.62 Å². The molecular formula is C29H34ClN3O4S. The minimum atomic E-state index is -4.11. The van der Waals surface area contributed by atoms with Gasteiger partial charge in [-0.1, -0.05) is 59.1 Å². The first-order chi connectivity index (χ1) is 17.9. The highest BCUT2D eigenvalue weighted by Crippen LogP contribution is 2.26. The predicted octanol–water partition coefficient (Wildman–Crippen LogP) is 5.09. The van der Waals surface area contributed by atoms with Gasteiger partial charge in [0.1, 0.15) is 12.6 Å². The summed E-state index contributed by atoms with van der Waals surface area (Å²) in [4.78, 5) is 28.2. The van der Waals surface area contributed by atoms with Crippen LogP contribution in [0.3, 0.4) is 0 Å². The Bertz CT molecular complexity index is 1360. The second kappa shape index (κ2) is 12.5. The monoisotopic (exact) mass is 555 g/mol. The number of benzene rings is 3. The molecule has 202 valence electrons. The zero-order valence-corrected chi connectivity index (χ0v) is 23.9. The molecule has 38 heavy (non-hydrogen) atoms. The zero-order chi connectivity index (χ0) is 28.0. The maximum atomic E-state index is 13.8. The first kappa shape index (κ1) is 29.2. The fourth-order valence-corrected chi connectivity index (χ4v) is 5.39. The van der Waals surface area contributed by atoms with Crippen LogP contribution in [0.4, 0.5) is 5.69 Å². The van der Waals surface area contributed by atoms with Crippen molar-refractivity contribution in [2.45, 2.75) is 58.1 Å². The lowest BCUT2D eigenvalue weighted by atomic mass is 10.1. The third-order valence-corrected chi connectivity index (χ3v) is 8.11. The van der Waals surface area contributed by atoms with Crippen molar-refractivity contribution in [3.63, 3.8) is 0 Å². The Labute approximate surface area is 230 Å². The van der Waals surface area contributed by atoms with Gasteiger partial charge in [-0.2, -0.15) is 0 Å². The van der Waals surface area contributed by atoms with Crippen LogP contribution in [-0.2, 0) is 26.2 Å². The highest BCUT2D eigenvalue weighted by molar-refractivity contribution is 7.92. The summed E-state index contributed by atoms with van der Waals surface area (Å²) < 4.78 is 28.6. The normalized spacial score (nSPS) is 12.2. The van der Waals surface area contributed by atoms with Gasteiger partial charge in [0.25, 0.3) is 10.0 Å². The van der Waals surface area contributed by atoms with Crippen LogP contribution >= 0.6 is 11.6 Å². The average molecular weight is 556 g/mol. The number of amides is 2. The van der Waals surface area contributed by atoms with Crippen LogP contribution in [-0.4, -0.2) is 43.8 Å². The zero-order valence-electron chi connectivity index (χ0n) is 22.3. The topological polar surface area (TPSA) is 86.8 Å². The van der Waals surface area contributed by atoms with Crippen molar-refractivity contribution in [3.8, 4) is 0 Å². The summed E-state index contributed by atoms with van der Waals surface area (Å²) >= 11 is 6.05. The van der Waals surface area contributed by atoms with Gasteiger partial charge < -0.3 is 10.2 Å². The number of hydrogen-bond donors (Lipinski definition) is 1. The number of nitrogens with zero attached hydrogens (tertiary/aromatic N) is 2. The van der Waals surface area contributed by atoms with Gasteiger partial charge >= 0.3 is 0 Å². The van der Waals surface area contributed by atoms with Crippen molar-refractivity contribution in [3.05, 3.63) is 94.5 Å². The molecule has 1 N–H and O–H groups in total. The van der Waals surface area contributed by atoms with E-state index in [4.69, 9.17) is 11.6 Å². The van der Waals surface area contributed by atoms with E-state index in [0.717, 1.165) is 21.0 Å². The number of carbonyl (C=O) groups is 2. The number of carbonyl (C=O) groups excluding carboxylic acids is 2. The van der Waals surface area contributed by atoms with Gasteiger partial charge in [0.15, 0.2) is 0 Å². The Balaban J connectivity index is 2.02. The first-order valence-electron chi connectivity index (χ1n) is 12.4. The van der Waals surface area contributed by atoms with Crippen LogP contribution in [0.2, 0.25) is 5.02 Å². The molecule has 0 radical (unpaired) electrons. The number of nitrogens with one attached hydrogen (secondary N) is 1. The predicted molar refractivity (Wildman–Crippen MR) is 152 cm³/mol. The standard InChI is InChI=1S/C29H34ClN3O4S/c1-20(2)31-29(35)23(5)32(18-24-10-6-21(3)7-11-24)28(34)19-33(26-14-12-25(30)13-15-26)38(36,37)27-16-8-22(4)9-17-27/h6-17,20,23H,18-19H2,1-5H3,(H,31,35)/t23-/m0/s1. The van der Waals surface area contributed by atoms with Gasteiger partial charge in [0.05, 0.1) is 10.6 Å². The lowest BCUT2D eigenvalue weighted by molar-refractivity contribution is -0.139. The molecule has 7 nitrogen and oxygen atoms in total. The lowest BCUT2D eigenvalue weighted by Gasteiger charge is -2.32. The van der Waals surface area contributed by atoms with E-state index in [2.05, 4.69) is 5.32 Å². The molecule has 0 heterocycles. The third kappa shape index (κ3) is 7.36. The van der Waals surface area contributed by atoms with Gasteiger partial charge in [0, 0.05) is 17.6 Å². The van der Waals surface area contributed by atoms with E-state index in [1.54, 1.807) is 43.3 Å². The molecule has 0 aliphatic rings. The van der Waals surface area contributed by atoms with Crippen LogP contribution in [0.5, 0.6) is 0 Å². The summed E-state index contributed by atoms with van der Waals surface area (Å²) in [5, 5.41) is 3.28. The van der Waals surface area contributed by atoms with Gasteiger partial charge in [-0.05, 0) is 76.6 Å². The Kier molecular flexibility index (Phi) is 9.57. The largest absolute Gasteiger partial charge is 0.352 e. The molecule has 9 heteroatoms. The maximum Gasteiger partial charge on any atom is 0.264 e. The van der Waals surface area contributed by atoms with E-state index >= 15 is 0 Å². The van der Waals surface area contributed by atoms with E-state index in [-0.39, 0.29) is 29.1 Å². The number of sulfonamides is 1. The van der Waals surface area contributed by atoms with Crippen molar-refractivity contribution in [2.75, 3.05) is 10.8 Å². The molecule has 0 saturated carbocycles. The van der Waals surface area contributed by atoms with E-state index in [9.17, 15) is 18.0 Å². The van der Waals surface area contributed by atoms with Crippen molar-refractivity contribution >= 4 is 39.1 Å². The lowest BCUT2D eigenvalue weighted by Crippen LogP contribution is -2.52. The van der Waals surface area contributed by atoms with Gasteiger partial charge in [0.2, 0.25) is 11.8 Å². The van der Waals surface area contributed by atoms with Crippen LogP contribution in [0, 0.1) is 13.8 Å². The quantitative estimate of drug-likeness (QED) is 0.377. The molecule has 0 bridgehead atoms. The summed E-state index contributed by atoms with van der Waals surface area (Å²) in [6.45, 7) is 8.80. The number of rotatable bonds is 10. The second-order valence-electron chi connectivity index (χ2n) is 9.65. The van der Waals surface area contributed by atoms with E-state index < -0.39 is 28.5 Å². The van der Waals surface area contributed by atoms with E-state index in [0.29, 0.717) is 5.02 Å². The molecule has 0 spiro atoms. The number of anilines is 1. The van der Waals surface area contributed by atoms with Gasteiger partial charge in [-0.25, -0.2) is 8.42 Å². The molecule has 1 atom stereocenters. The van der Waals surface area contributed by atoms with Crippen molar-refractivity contribution in [1.29, 1.82) is 0 Å². The summed E-state index contributed by atoms with van der Waals surface area (Å²) in [6, 6.07) is 19.4. The number of aryl methyl sites for hydroxylation is 2.